The molecule has 2 aromatic heterocycles. The van der Waals surface area contributed by atoms with Crippen LogP contribution in [0.1, 0.15) is 37.8 Å². The van der Waals surface area contributed by atoms with Crippen molar-refractivity contribution in [1.29, 1.82) is 0 Å². The van der Waals surface area contributed by atoms with Crippen molar-refractivity contribution < 1.29 is 9.53 Å². The Bertz CT molecular complexity index is 847. The van der Waals surface area contributed by atoms with E-state index >= 15 is 0 Å². The Hall–Kier alpha value is -2.97. The van der Waals surface area contributed by atoms with Crippen LogP contribution in [0, 0.1) is 12.8 Å². The number of piperidine rings is 2. The van der Waals surface area contributed by atoms with E-state index in [4.69, 9.17) is 4.74 Å². The molecule has 0 aliphatic carbocycles. The molecule has 0 radical (unpaired) electrons. The fourth-order valence-corrected chi connectivity index (χ4v) is 4.11. The summed E-state index contributed by atoms with van der Waals surface area (Å²) in [6, 6.07) is 5.84. The van der Waals surface area contributed by atoms with Gasteiger partial charge in [0.2, 0.25) is 11.8 Å². The van der Waals surface area contributed by atoms with Crippen molar-refractivity contribution in [1.82, 2.24) is 25.5 Å². The van der Waals surface area contributed by atoms with Crippen molar-refractivity contribution in [2.45, 2.75) is 39.0 Å². The first-order valence-electron chi connectivity index (χ1n) is 11.2. The SMILES string of the molecule is Cc1ccc(N2CCC(C(=O)NCCOc3cc(N4CCCCC4)ncn3)CC2)nn1. The molecule has 2 saturated heterocycles. The quantitative estimate of drug-likeness (QED) is 0.673. The van der Waals surface area contributed by atoms with Crippen LogP contribution in [0.25, 0.3) is 0 Å². The van der Waals surface area contributed by atoms with Crippen molar-refractivity contribution in [3.8, 4) is 5.88 Å². The summed E-state index contributed by atoms with van der Waals surface area (Å²) in [5.41, 5.74) is 0.907. The number of amides is 1. The Kier molecular flexibility index (Phi) is 7.11. The van der Waals surface area contributed by atoms with Gasteiger partial charge in [-0.05, 0) is 51.2 Å². The molecular weight excluding hydrogens is 394 g/mol. The van der Waals surface area contributed by atoms with E-state index in [-0.39, 0.29) is 11.8 Å². The number of aromatic nitrogens is 4. The Morgan fingerprint density at radius 2 is 1.81 bits per heavy atom. The molecule has 0 bridgehead atoms. The second-order valence-corrected chi connectivity index (χ2v) is 8.20. The molecule has 4 heterocycles. The molecule has 0 spiro atoms. The highest BCUT2D eigenvalue weighted by atomic mass is 16.5. The van der Waals surface area contributed by atoms with Crippen LogP contribution in [0.4, 0.5) is 11.6 Å². The first-order valence-corrected chi connectivity index (χ1v) is 11.2. The first kappa shape index (κ1) is 21.3. The smallest absolute Gasteiger partial charge is 0.223 e. The van der Waals surface area contributed by atoms with E-state index in [2.05, 4.69) is 35.3 Å². The fraction of sp³-hybridized carbons (Fsp3) is 0.591. The van der Waals surface area contributed by atoms with Gasteiger partial charge in [0.25, 0.3) is 0 Å². The Labute approximate surface area is 183 Å². The maximum Gasteiger partial charge on any atom is 0.223 e. The molecule has 0 saturated carbocycles. The third kappa shape index (κ3) is 5.80. The molecule has 0 aromatic carbocycles. The molecule has 2 aromatic rings. The monoisotopic (exact) mass is 425 g/mol. The van der Waals surface area contributed by atoms with Crippen LogP contribution >= 0.6 is 0 Å². The van der Waals surface area contributed by atoms with E-state index in [1.165, 1.54) is 19.3 Å². The molecule has 2 aliphatic rings. The predicted octanol–water partition coefficient (Wildman–Crippen LogP) is 1.98. The molecule has 31 heavy (non-hydrogen) atoms. The second-order valence-electron chi connectivity index (χ2n) is 8.20. The minimum atomic E-state index is 0.0272. The summed E-state index contributed by atoms with van der Waals surface area (Å²) in [6.07, 6.45) is 6.85. The molecule has 2 aliphatic heterocycles. The molecule has 9 heteroatoms. The van der Waals surface area contributed by atoms with Gasteiger partial charge in [-0.25, -0.2) is 9.97 Å². The fourth-order valence-electron chi connectivity index (χ4n) is 4.11. The van der Waals surface area contributed by atoms with Crippen LogP contribution in [0.2, 0.25) is 0 Å². The zero-order valence-corrected chi connectivity index (χ0v) is 18.2. The van der Waals surface area contributed by atoms with Gasteiger partial charge in [-0.15, -0.1) is 5.10 Å². The normalized spacial score (nSPS) is 17.5. The van der Waals surface area contributed by atoms with Crippen LogP contribution in [0.3, 0.4) is 0 Å². The summed E-state index contributed by atoms with van der Waals surface area (Å²) in [5, 5.41) is 11.4. The summed E-state index contributed by atoms with van der Waals surface area (Å²) < 4.78 is 5.74. The molecule has 2 fully saturated rings. The van der Waals surface area contributed by atoms with Crippen LogP contribution in [-0.4, -0.2) is 65.4 Å². The summed E-state index contributed by atoms with van der Waals surface area (Å²) in [4.78, 5) is 25.5. The lowest BCUT2D eigenvalue weighted by atomic mass is 9.96. The summed E-state index contributed by atoms with van der Waals surface area (Å²) in [7, 11) is 0. The van der Waals surface area contributed by atoms with Gasteiger partial charge < -0.3 is 19.9 Å². The Morgan fingerprint density at radius 1 is 1.03 bits per heavy atom. The average Bonchev–Trinajstić information content (AvgIpc) is 2.83. The minimum absolute atomic E-state index is 0.0272. The van der Waals surface area contributed by atoms with Crippen molar-refractivity contribution in [3.05, 3.63) is 30.2 Å². The topological polar surface area (TPSA) is 96.4 Å². The van der Waals surface area contributed by atoms with E-state index in [9.17, 15) is 4.79 Å². The lowest BCUT2D eigenvalue weighted by Crippen LogP contribution is -2.41. The third-order valence-corrected chi connectivity index (χ3v) is 5.93. The van der Waals surface area contributed by atoms with Crippen LogP contribution in [0.5, 0.6) is 5.88 Å². The standard InChI is InChI=1S/C22H31N7O2/c1-17-5-6-19(27-26-17)29-12-7-18(8-13-29)22(30)23-9-14-31-21-15-20(24-16-25-21)28-10-3-2-4-11-28/h5-6,15-16,18H,2-4,7-14H2,1H3,(H,23,30). The predicted molar refractivity (Wildman–Crippen MR) is 118 cm³/mol. The number of nitrogens with one attached hydrogen (secondary N) is 1. The minimum Gasteiger partial charge on any atom is -0.476 e. The number of rotatable bonds is 7. The summed E-state index contributed by atoms with van der Waals surface area (Å²) in [5.74, 6) is 2.47. The number of hydrogen-bond acceptors (Lipinski definition) is 8. The number of anilines is 2. The molecule has 4 rings (SSSR count). The number of aryl methyl sites for hydroxylation is 1. The van der Waals surface area contributed by atoms with Gasteiger partial charge >= 0.3 is 0 Å². The number of ether oxygens (including phenoxy) is 1. The van der Waals surface area contributed by atoms with E-state index in [0.717, 1.165) is 56.4 Å². The maximum absolute atomic E-state index is 12.5. The Balaban J connectivity index is 1.17. The van der Waals surface area contributed by atoms with Crippen molar-refractivity contribution in [3.63, 3.8) is 0 Å². The van der Waals surface area contributed by atoms with Crippen LogP contribution in [-0.2, 0) is 4.79 Å². The highest BCUT2D eigenvalue weighted by Crippen LogP contribution is 2.22. The second kappa shape index (κ2) is 10.4. The van der Waals surface area contributed by atoms with Gasteiger partial charge in [0.15, 0.2) is 5.82 Å². The van der Waals surface area contributed by atoms with Gasteiger partial charge in [-0.2, -0.15) is 5.10 Å². The summed E-state index contributed by atoms with van der Waals surface area (Å²) >= 11 is 0. The van der Waals surface area contributed by atoms with E-state index in [0.29, 0.717) is 19.0 Å². The van der Waals surface area contributed by atoms with Crippen LogP contribution in [0.15, 0.2) is 24.5 Å². The van der Waals surface area contributed by atoms with Crippen molar-refractivity contribution >= 4 is 17.5 Å². The lowest BCUT2D eigenvalue weighted by Gasteiger charge is -2.31. The van der Waals surface area contributed by atoms with E-state index in [1.54, 1.807) is 6.33 Å². The van der Waals surface area contributed by atoms with Gasteiger partial charge in [-0.1, -0.05) is 0 Å². The average molecular weight is 426 g/mol. The van der Waals surface area contributed by atoms with Gasteiger partial charge in [0, 0.05) is 38.2 Å². The van der Waals surface area contributed by atoms with Gasteiger partial charge in [0.1, 0.15) is 18.8 Å². The van der Waals surface area contributed by atoms with E-state index < -0.39 is 0 Å². The highest BCUT2D eigenvalue weighted by Gasteiger charge is 2.25. The summed E-state index contributed by atoms with van der Waals surface area (Å²) in [6.45, 7) is 6.46. The molecule has 1 N–H and O–H groups in total. The first-order chi connectivity index (χ1) is 15.2. The van der Waals surface area contributed by atoms with Crippen molar-refractivity contribution in [2.24, 2.45) is 5.92 Å². The molecule has 0 unspecified atom stereocenters. The van der Waals surface area contributed by atoms with Gasteiger partial charge in [0.05, 0.1) is 12.2 Å². The molecular formula is C22H31N7O2. The molecule has 1 amide bonds. The molecule has 9 nitrogen and oxygen atoms in total. The highest BCUT2D eigenvalue weighted by molar-refractivity contribution is 5.78. The van der Waals surface area contributed by atoms with Crippen molar-refractivity contribution in [2.75, 3.05) is 49.1 Å². The number of nitrogens with zero attached hydrogens (tertiary/aromatic N) is 6. The Morgan fingerprint density at radius 3 is 2.55 bits per heavy atom. The van der Waals surface area contributed by atoms with Gasteiger partial charge in [-0.3, -0.25) is 4.79 Å². The zero-order valence-electron chi connectivity index (χ0n) is 18.2. The number of carbonyl (C=O) groups is 1. The van der Waals surface area contributed by atoms with E-state index in [1.807, 2.05) is 25.1 Å². The van der Waals surface area contributed by atoms with Crippen LogP contribution < -0.4 is 19.9 Å². The number of hydrogen-bond donors (Lipinski definition) is 1. The largest absolute Gasteiger partial charge is 0.476 e. The third-order valence-electron chi connectivity index (χ3n) is 5.93. The molecule has 166 valence electrons. The lowest BCUT2D eigenvalue weighted by molar-refractivity contribution is -0.125. The maximum atomic E-state index is 12.5. The number of carbonyl (C=O) groups excluding carboxylic acids is 1. The molecule has 0 atom stereocenters. The zero-order chi connectivity index (χ0) is 21.5.